The third kappa shape index (κ3) is 3.80. The highest BCUT2D eigenvalue weighted by atomic mass is 16.5. The number of carbonyl (C=O) groups is 2. The Labute approximate surface area is 101 Å². The number of nitrogens with one attached hydrogen (secondary N) is 1. The lowest BCUT2D eigenvalue weighted by Crippen LogP contribution is -2.54. The van der Waals surface area contributed by atoms with Crippen LogP contribution >= 0.6 is 0 Å². The number of methoxy groups -OCH3 is 1. The van der Waals surface area contributed by atoms with E-state index in [0.717, 1.165) is 6.42 Å². The molecular weight excluding hydrogens is 222 g/mol. The number of amides is 3. The molecule has 1 fully saturated rings. The third-order valence-electron chi connectivity index (χ3n) is 3.24. The number of hydrogen-bond donors (Lipinski definition) is 2. The molecule has 1 heterocycles. The molecule has 0 radical (unpaired) electrons. The summed E-state index contributed by atoms with van der Waals surface area (Å²) >= 11 is 0. The van der Waals surface area contributed by atoms with Gasteiger partial charge in [0.1, 0.15) is 0 Å². The fourth-order valence-corrected chi connectivity index (χ4v) is 2.13. The minimum Gasteiger partial charge on any atom is -0.453 e. The lowest BCUT2D eigenvalue weighted by Gasteiger charge is -2.38. The fourth-order valence-electron chi connectivity index (χ4n) is 2.13. The van der Waals surface area contributed by atoms with Crippen LogP contribution in [0.2, 0.25) is 0 Å². The van der Waals surface area contributed by atoms with Crippen LogP contribution in [-0.4, -0.2) is 43.3 Å². The first kappa shape index (κ1) is 13.6. The number of hydrogen-bond acceptors (Lipinski definition) is 3. The highest BCUT2D eigenvalue weighted by Gasteiger charge is 2.31. The maximum absolute atomic E-state index is 11.2. The quantitative estimate of drug-likeness (QED) is 0.751. The molecule has 17 heavy (non-hydrogen) atoms. The number of likely N-dealkylation sites (tertiary alicyclic amines) is 1. The number of carbonyl (C=O) groups excluding carboxylic acids is 2. The topological polar surface area (TPSA) is 84.7 Å². The Morgan fingerprint density at radius 3 is 2.53 bits per heavy atom. The third-order valence-corrected chi connectivity index (χ3v) is 3.24. The number of alkyl carbamates (subject to hydrolysis) is 1. The molecular formula is C11H21N3O3. The van der Waals surface area contributed by atoms with Crippen molar-refractivity contribution < 1.29 is 14.3 Å². The number of nitrogens with two attached hydrogens (primary N) is 1. The van der Waals surface area contributed by atoms with Gasteiger partial charge in [-0.15, -0.1) is 0 Å². The summed E-state index contributed by atoms with van der Waals surface area (Å²) in [5.74, 6) is 0.789. The van der Waals surface area contributed by atoms with E-state index in [1.54, 1.807) is 4.90 Å². The molecule has 0 aromatic heterocycles. The van der Waals surface area contributed by atoms with Crippen LogP contribution in [0.1, 0.15) is 20.3 Å². The number of rotatable bonds is 2. The molecule has 3 amide bonds. The Morgan fingerprint density at radius 2 is 2.06 bits per heavy atom. The summed E-state index contributed by atoms with van der Waals surface area (Å²) in [4.78, 5) is 24.0. The molecule has 6 heteroatoms. The molecule has 0 spiro atoms. The highest BCUT2D eigenvalue weighted by Crippen LogP contribution is 2.23. The average Bonchev–Trinajstić information content (AvgIpc) is 2.28. The molecule has 0 bridgehead atoms. The van der Waals surface area contributed by atoms with Crippen LogP contribution in [-0.2, 0) is 4.74 Å². The van der Waals surface area contributed by atoms with Gasteiger partial charge in [-0.25, -0.2) is 9.59 Å². The van der Waals surface area contributed by atoms with Gasteiger partial charge >= 0.3 is 12.1 Å². The number of nitrogens with zero attached hydrogens (tertiary/aromatic N) is 1. The summed E-state index contributed by atoms with van der Waals surface area (Å²) in [6.45, 7) is 5.31. The van der Waals surface area contributed by atoms with Gasteiger partial charge in [0.25, 0.3) is 0 Å². The lowest BCUT2D eigenvalue weighted by molar-refractivity contribution is 0.121. The standard InChI is InChI=1S/C11H21N3O3/c1-7(2)8-4-9(13-11(16)17-3)6-14(5-8)10(12)15/h7-9H,4-6H2,1-3H3,(H2,12,15)(H,13,16). The zero-order valence-corrected chi connectivity index (χ0v) is 10.6. The SMILES string of the molecule is COC(=O)NC1CC(C(C)C)CN(C(N)=O)C1. The Morgan fingerprint density at radius 1 is 1.41 bits per heavy atom. The molecule has 3 N–H and O–H groups in total. The molecule has 1 saturated heterocycles. The second-order valence-corrected chi connectivity index (χ2v) is 4.82. The largest absolute Gasteiger partial charge is 0.453 e. The normalized spacial score (nSPS) is 24.6. The van der Waals surface area contributed by atoms with E-state index < -0.39 is 12.1 Å². The van der Waals surface area contributed by atoms with Crippen molar-refractivity contribution in [3.8, 4) is 0 Å². The molecule has 1 aliphatic heterocycles. The van der Waals surface area contributed by atoms with Gasteiger partial charge in [0.2, 0.25) is 0 Å². The van der Waals surface area contributed by atoms with Gasteiger partial charge in [-0.05, 0) is 18.3 Å². The number of ether oxygens (including phenoxy) is 1. The molecule has 0 aromatic rings. The van der Waals surface area contributed by atoms with Crippen molar-refractivity contribution in [1.82, 2.24) is 10.2 Å². The van der Waals surface area contributed by atoms with Crippen molar-refractivity contribution in [2.24, 2.45) is 17.6 Å². The maximum Gasteiger partial charge on any atom is 0.407 e. The molecule has 6 nitrogen and oxygen atoms in total. The minimum atomic E-state index is -0.469. The summed E-state index contributed by atoms with van der Waals surface area (Å²) in [6.07, 6.45) is 0.375. The van der Waals surface area contributed by atoms with E-state index >= 15 is 0 Å². The summed E-state index contributed by atoms with van der Waals surface area (Å²) in [7, 11) is 1.32. The Hall–Kier alpha value is -1.46. The van der Waals surface area contributed by atoms with Gasteiger partial charge in [0.05, 0.1) is 13.2 Å². The van der Waals surface area contributed by atoms with Crippen molar-refractivity contribution in [1.29, 1.82) is 0 Å². The van der Waals surface area contributed by atoms with E-state index in [2.05, 4.69) is 23.9 Å². The Bertz CT molecular complexity index is 294. The van der Waals surface area contributed by atoms with Crippen LogP contribution in [0.5, 0.6) is 0 Å². The predicted molar refractivity (Wildman–Crippen MR) is 63.4 cm³/mol. The van der Waals surface area contributed by atoms with Gasteiger partial charge in [-0.1, -0.05) is 13.8 Å². The van der Waals surface area contributed by atoms with E-state index in [9.17, 15) is 9.59 Å². The zero-order chi connectivity index (χ0) is 13.0. The summed E-state index contributed by atoms with van der Waals surface area (Å²) in [5.41, 5.74) is 5.30. The van der Waals surface area contributed by atoms with Gasteiger partial charge in [-0.2, -0.15) is 0 Å². The number of piperidine rings is 1. The zero-order valence-electron chi connectivity index (χ0n) is 10.6. The van der Waals surface area contributed by atoms with E-state index in [0.29, 0.717) is 24.9 Å². The second-order valence-electron chi connectivity index (χ2n) is 4.82. The van der Waals surface area contributed by atoms with Crippen molar-refractivity contribution in [3.63, 3.8) is 0 Å². The fraction of sp³-hybridized carbons (Fsp3) is 0.818. The van der Waals surface area contributed by atoms with Crippen LogP contribution in [0.3, 0.4) is 0 Å². The Kier molecular flexibility index (Phi) is 4.60. The maximum atomic E-state index is 11.2. The van der Waals surface area contributed by atoms with Crippen LogP contribution in [0.4, 0.5) is 9.59 Å². The van der Waals surface area contributed by atoms with Crippen molar-refractivity contribution >= 4 is 12.1 Å². The van der Waals surface area contributed by atoms with E-state index in [-0.39, 0.29) is 6.04 Å². The van der Waals surface area contributed by atoms with Crippen molar-refractivity contribution in [2.75, 3.05) is 20.2 Å². The monoisotopic (exact) mass is 243 g/mol. The number of urea groups is 1. The van der Waals surface area contributed by atoms with Crippen LogP contribution < -0.4 is 11.1 Å². The van der Waals surface area contributed by atoms with Crippen LogP contribution in [0.25, 0.3) is 0 Å². The van der Waals surface area contributed by atoms with Crippen molar-refractivity contribution in [2.45, 2.75) is 26.3 Å². The first-order valence-corrected chi connectivity index (χ1v) is 5.83. The van der Waals surface area contributed by atoms with E-state index in [1.165, 1.54) is 7.11 Å². The molecule has 1 rings (SSSR count). The second kappa shape index (κ2) is 5.75. The molecule has 1 aliphatic rings. The highest BCUT2D eigenvalue weighted by molar-refractivity contribution is 5.72. The smallest absolute Gasteiger partial charge is 0.407 e. The summed E-state index contributed by atoms with van der Waals surface area (Å²) in [5, 5.41) is 2.73. The van der Waals surface area contributed by atoms with Gasteiger partial charge in [-0.3, -0.25) is 0 Å². The molecule has 2 unspecified atom stereocenters. The first-order valence-electron chi connectivity index (χ1n) is 5.83. The van der Waals surface area contributed by atoms with Crippen LogP contribution in [0, 0.1) is 11.8 Å². The van der Waals surface area contributed by atoms with E-state index in [4.69, 9.17) is 5.73 Å². The molecule has 2 atom stereocenters. The van der Waals surface area contributed by atoms with E-state index in [1.807, 2.05) is 0 Å². The van der Waals surface area contributed by atoms with Crippen molar-refractivity contribution in [3.05, 3.63) is 0 Å². The van der Waals surface area contributed by atoms with Gasteiger partial charge in [0, 0.05) is 13.1 Å². The minimum absolute atomic E-state index is 0.0869. The lowest BCUT2D eigenvalue weighted by atomic mass is 9.85. The molecule has 0 aromatic carbocycles. The predicted octanol–water partition coefficient (Wildman–Crippen LogP) is 0.768. The first-order chi connectivity index (χ1) is 7.93. The van der Waals surface area contributed by atoms with Gasteiger partial charge < -0.3 is 20.7 Å². The summed E-state index contributed by atoms with van der Waals surface area (Å²) in [6, 6.07) is -0.525. The van der Waals surface area contributed by atoms with Gasteiger partial charge in [0.15, 0.2) is 0 Å². The molecule has 0 saturated carbocycles. The molecule has 0 aliphatic carbocycles. The summed E-state index contributed by atoms with van der Waals surface area (Å²) < 4.78 is 4.56. The Balaban J connectivity index is 2.64. The molecule has 98 valence electrons. The number of primary amides is 1. The average molecular weight is 243 g/mol. The van der Waals surface area contributed by atoms with Crippen LogP contribution in [0.15, 0.2) is 0 Å².